The van der Waals surface area contributed by atoms with E-state index in [4.69, 9.17) is 0 Å². The molecule has 1 aromatic heterocycles. The van der Waals surface area contributed by atoms with Crippen LogP contribution in [0.15, 0.2) is 5.38 Å². The molecule has 13 heavy (non-hydrogen) atoms. The van der Waals surface area contributed by atoms with Crippen molar-refractivity contribution in [2.24, 2.45) is 0 Å². The number of halogens is 1. The van der Waals surface area contributed by atoms with Gasteiger partial charge in [0.1, 0.15) is 3.70 Å². The molecule has 3 nitrogen and oxygen atoms in total. The maximum absolute atomic E-state index is 4.47. The molecule has 1 atom stereocenters. The second-order valence-electron chi connectivity index (χ2n) is 3.25. The number of nitrogens with one attached hydrogen (secondary N) is 1. The van der Waals surface area contributed by atoms with Crippen LogP contribution in [0.5, 0.6) is 0 Å². The molecule has 5 heteroatoms. The molecule has 0 bridgehead atoms. The molecule has 0 aromatic carbocycles. The Labute approximate surface area is 95.7 Å². The Kier molecular flexibility index (Phi) is 3.05. The number of aromatic nitrogens is 1. The lowest BCUT2D eigenvalue weighted by atomic mass is 10.2. The topological polar surface area (TPSA) is 28.2 Å². The number of anilines is 1. The zero-order chi connectivity index (χ0) is 9.26. The number of piperazine rings is 1. The smallest absolute Gasteiger partial charge is 0.186 e. The van der Waals surface area contributed by atoms with E-state index in [-0.39, 0.29) is 0 Å². The zero-order valence-electron chi connectivity index (χ0n) is 7.46. The molecule has 1 fully saturated rings. The Morgan fingerprint density at radius 1 is 1.77 bits per heavy atom. The van der Waals surface area contributed by atoms with E-state index < -0.39 is 0 Å². The SMILES string of the molecule is CC1CN(c2nc(I)cs2)CCN1. The molecule has 0 spiro atoms. The highest BCUT2D eigenvalue weighted by molar-refractivity contribution is 14.1. The first kappa shape index (κ1) is 9.67. The van der Waals surface area contributed by atoms with Crippen molar-refractivity contribution in [3.05, 3.63) is 9.08 Å². The number of rotatable bonds is 1. The van der Waals surface area contributed by atoms with E-state index in [2.05, 4.69) is 50.1 Å². The van der Waals surface area contributed by atoms with Crippen LogP contribution in [0.3, 0.4) is 0 Å². The van der Waals surface area contributed by atoms with E-state index in [1.807, 2.05) is 0 Å². The van der Waals surface area contributed by atoms with E-state index in [0.717, 1.165) is 28.5 Å². The van der Waals surface area contributed by atoms with Gasteiger partial charge in [0.25, 0.3) is 0 Å². The fraction of sp³-hybridized carbons (Fsp3) is 0.625. The van der Waals surface area contributed by atoms with Crippen LogP contribution in [-0.2, 0) is 0 Å². The maximum atomic E-state index is 4.47. The third kappa shape index (κ3) is 2.32. The van der Waals surface area contributed by atoms with Gasteiger partial charge in [-0.3, -0.25) is 0 Å². The summed E-state index contributed by atoms with van der Waals surface area (Å²) in [5.74, 6) is 0. The summed E-state index contributed by atoms with van der Waals surface area (Å²) in [5.41, 5.74) is 0. The van der Waals surface area contributed by atoms with E-state index in [0.29, 0.717) is 6.04 Å². The average molecular weight is 309 g/mol. The van der Waals surface area contributed by atoms with E-state index in [9.17, 15) is 0 Å². The fourth-order valence-electron chi connectivity index (χ4n) is 1.50. The number of hydrogen-bond acceptors (Lipinski definition) is 4. The normalized spacial score (nSPS) is 23.5. The second-order valence-corrected chi connectivity index (χ2v) is 5.20. The van der Waals surface area contributed by atoms with Crippen LogP contribution in [0.25, 0.3) is 0 Å². The van der Waals surface area contributed by atoms with Gasteiger partial charge < -0.3 is 10.2 Å². The molecule has 1 aliphatic rings. The van der Waals surface area contributed by atoms with Crippen molar-refractivity contribution >= 4 is 39.1 Å². The minimum atomic E-state index is 0.579. The quantitative estimate of drug-likeness (QED) is 0.798. The average Bonchev–Trinajstić information content (AvgIpc) is 2.52. The largest absolute Gasteiger partial charge is 0.345 e. The van der Waals surface area contributed by atoms with Crippen molar-refractivity contribution in [3.8, 4) is 0 Å². The molecule has 72 valence electrons. The number of nitrogens with zero attached hydrogens (tertiary/aromatic N) is 2. The van der Waals surface area contributed by atoms with Crippen LogP contribution < -0.4 is 10.2 Å². The lowest BCUT2D eigenvalue weighted by molar-refractivity contribution is 0.484. The maximum Gasteiger partial charge on any atom is 0.186 e. The fourth-order valence-corrected chi connectivity index (χ4v) is 2.99. The third-order valence-electron chi connectivity index (χ3n) is 2.10. The van der Waals surface area contributed by atoms with Crippen LogP contribution in [-0.4, -0.2) is 30.7 Å². The van der Waals surface area contributed by atoms with Crippen molar-refractivity contribution in [2.45, 2.75) is 13.0 Å². The number of thiazole rings is 1. The Balaban J connectivity index is 2.08. The minimum Gasteiger partial charge on any atom is -0.345 e. The van der Waals surface area contributed by atoms with E-state index in [1.165, 1.54) is 0 Å². The predicted octanol–water partition coefficient (Wildman–Crippen LogP) is 1.55. The molecular weight excluding hydrogens is 297 g/mol. The Morgan fingerprint density at radius 3 is 3.23 bits per heavy atom. The van der Waals surface area contributed by atoms with Gasteiger partial charge >= 0.3 is 0 Å². The van der Waals surface area contributed by atoms with Gasteiger partial charge in [0, 0.05) is 31.1 Å². The molecule has 1 unspecified atom stereocenters. The first-order valence-electron chi connectivity index (χ1n) is 4.35. The molecule has 0 amide bonds. The van der Waals surface area contributed by atoms with Crippen molar-refractivity contribution in [1.82, 2.24) is 10.3 Å². The van der Waals surface area contributed by atoms with Crippen LogP contribution in [0, 0.1) is 3.70 Å². The first-order valence-corrected chi connectivity index (χ1v) is 6.31. The summed E-state index contributed by atoms with van der Waals surface area (Å²) in [6.45, 7) is 5.43. The molecule has 1 aromatic rings. The summed E-state index contributed by atoms with van der Waals surface area (Å²) < 4.78 is 1.10. The predicted molar refractivity (Wildman–Crippen MR) is 64.5 cm³/mol. The molecule has 1 N–H and O–H groups in total. The monoisotopic (exact) mass is 309 g/mol. The minimum absolute atomic E-state index is 0.579. The van der Waals surface area contributed by atoms with Crippen molar-refractivity contribution < 1.29 is 0 Å². The van der Waals surface area contributed by atoms with Crippen LogP contribution in [0.1, 0.15) is 6.92 Å². The second kappa shape index (κ2) is 4.10. The van der Waals surface area contributed by atoms with Crippen LogP contribution >= 0.6 is 33.9 Å². The first-order chi connectivity index (χ1) is 6.25. The zero-order valence-corrected chi connectivity index (χ0v) is 10.4. The van der Waals surface area contributed by atoms with Gasteiger partial charge in [0.2, 0.25) is 0 Å². The lowest BCUT2D eigenvalue weighted by Crippen LogP contribution is -2.49. The van der Waals surface area contributed by atoms with E-state index >= 15 is 0 Å². The number of hydrogen-bond donors (Lipinski definition) is 1. The highest BCUT2D eigenvalue weighted by atomic mass is 127. The Hall–Kier alpha value is 0.120. The van der Waals surface area contributed by atoms with Crippen LogP contribution in [0.4, 0.5) is 5.13 Å². The Morgan fingerprint density at radius 2 is 2.62 bits per heavy atom. The lowest BCUT2D eigenvalue weighted by Gasteiger charge is -2.31. The molecule has 1 saturated heterocycles. The van der Waals surface area contributed by atoms with Crippen LogP contribution in [0.2, 0.25) is 0 Å². The highest BCUT2D eigenvalue weighted by Gasteiger charge is 2.17. The van der Waals surface area contributed by atoms with Gasteiger partial charge in [-0.2, -0.15) is 0 Å². The molecule has 2 rings (SSSR count). The van der Waals surface area contributed by atoms with Gasteiger partial charge in [-0.05, 0) is 29.5 Å². The van der Waals surface area contributed by atoms with Gasteiger partial charge in [0.05, 0.1) is 0 Å². The molecule has 1 aliphatic heterocycles. The Bertz CT molecular complexity index is 289. The summed E-state index contributed by atoms with van der Waals surface area (Å²) in [6, 6.07) is 0.579. The summed E-state index contributed by atoms with van der Waals surface area (Å²) in [6.07, 6.45) is 0. The van der Waals surface area contributed by atoms with Crippen molar-refractivity contribution in [2.75, 3.05) is 24.5 Å². The van der Waals surface area contributed by atoms with Crippen molar-refractivity contribution in [1.29, 1.82) is 0 Å². The van der Waals surface area contributed by atoms with E-state index in [1.54, 1.807) is 11.3 Å². The van der Waals surface area contributed by atoms with Gasteiger partial charge in [-0.15, -0.1) is 11.3 Å². The van der Waals surface area contributed by atoms with Gasteiger partial charge in [-0.1, -0.05) is 0 Å². The molecule has 0 aliphatic carbocycles. The standard InChI is InChI=1S/C8H12IN3S/c1-6-4-12(3-2-10-6)8-11-7(9)5-13-8/h5-6,10H,2-4H2,1H3. The molecule has 0 radical (unpaired) electrons. The molecule has 2 heterocycles. The molecular formula is C8H12IN3S. The summed E-state index contributed by atoms with van der Waals surface area (Å²) in [5, 5.41) is 6.69. The summed E-state index contributed by atoms with van der Waals surface area (Å²) >= 11 is 4.00. The molecule has 0 saturated carbocycles. The highest BCUT2D eigenvalue weighted by Crippen LogP contribution is 2.22. The summed E-state index contributed by atoms with van der Waals surface area (Å²) in [7, 11) is 0. The summed E-state index contributed by atoms with van der Waals surface area (Å²) in [4.78, 5) is 6.83. The third-order valence-corrected chi connectivity index (χ3v) is 3.98. The van der Waals surface area contributed by atoms with Crippen molar-refractivity contribution in [3.63, 3.8) is 0 Å². The van der Waals surface area contributed by atoms with Gasteiger partial charge in [0.15, 0.2) is 5.13 Å². The van der Waals surface area contributed by atoms with Gasteiger partial charge in [-0.25, -0.2) is 4.98 Å².